The lowest BCUT2D eigenvalue weighted by molar-refractivity contribution is 0.794. The molecule has 3 aromatic rings. The van der Waals surface area contributed by atoms with Crippen LogP contribution in [-0.4, -0.2) is 28.9 Å². The number of hydrogen-bond acceptors (Lipinski definition) is 4. The van der Waals surface area contributed by atoms with Gasteiger partial charge in [-0.25, -0.2) is 0 Å². The van der Waals surface area contributed by atoms with Gasteiger partial charge in [-0.05, 0) is 42.0 Å². The molecule has 3 rings (SSSR count). The normalized spacial score (nSPS) is 10.8. The Morgan fingerprint density at radius 1 is 1.00 bits per heavy atom. The summed E-state index contributed by atoms with van der Waals surface area (Å²) < 4.78 is 2.03. The van der Waals surface area contributed by atoms with Crippen molar-refractivity contribution in [2.45, 2.75) is 10.9 Å². The van der Waals surface area contributed by atoms with E-state index in [0.29, 0.717) is 0 Å². The number of benzene rings is 2. The summed E-state index contributed by atoms with van der Waals surface area (Å²) in [7, 11) is 6.06. The van der Waals surface area contributed by atoms with Crippen molar-refractivity contribution in [2.75, 3.05) is 19.0 Å². The van der Waals surface area contributed by atoms with E-state index < -0.39 is 0 Å². The van der Waals surface area contributed by atoms with Gasteiger partial charge in [0.2, 0.25) is 0 Å². The van der Waals surface area contributed by atoms with Gasteiger partial charge in [-0.2, -0.15) is 0 Å². The zero-order valence-electron chi connectivity index (χ0n) is 13.9. The van der Waals surface area contributed by atoms with Crippen LogP contribution < -0.4 is 4.90 Å². The monoisotopic (exact) mass is 358 g/mol. The van der Waals surface area contributed by atoms with Gasteiger partial charge in [-0.1, -0.05) is 35.5 Å². The van der Waals surface area contributed by atoms with E-state index in [-0.39, 0.29) is 0 Å². The average Bonchev–Trinajstić information content (AvgIpc) is 2.95. The summed E-state index contributed by atoms with van der Waals surface area (Å²) in [5, 5.41) is 10.3. The first-order chi connectivity index (χ1) is 11.5. The SMILES string of the molecule is CN(C)c1ccc(-c2nnc(SCc3ccc(Cl)cc3)n2C)cc1. The van der Waals surface area contributed by atoms with Gasteiger partial charge in [0.25, 0.3) is 0 Å². The standard InChI is InChI=1S/C18H19ClN4S/c1-22(2)16-10-6-14(7-11-16)17-20-21-18(23(17)3)24-12-13-4-8-15(19)9-5-13/h4-11H,12H2,1-3H3. The molecule has 6 heteroatoms. The fourth-order valence-corrected chi connectivity index (χ4v) is 3.32. The van der Waals surface area contributed by atoms with Crippen LogP contribution in [0, 0.1) is 0 Å². The Morgan fingerprint density at radius 2 is 1.67 bits per heavy atom. The van der Waals surface area contributed by atoms with Crippen molar-refractivity contribution in [3.63, 3.8) is 0 Å². The number of halogens is 1. The number of aromatic nitrogens is 3. The minimum atomic E-state index is 0.755. The van der Waals surface area contributed by atoms with Crippen molar-refractivity contribution < 1.29 is 0 Å². The molecule has 24 heavy (non-hydrogen) atoms. The zero-order chi connectivity index (χ0) is 17.1. The molecule has 0 aliphatic rings. The molecule has 2 aromatic carbocycles. The summed E-state index contributed by atoms with van der Waals surface area (Å²) in [6, 6.07) is 16.2. The smallest absolute Gasteiger partial charge is 0.191 e. The van der Waals surface area contributed by atoms with Crippen molar-refractivity contribution in [3.8, 4) is 11.4 Å². The molecule has 0 saturated heterocycles. The van der Waals surface area contributed by atoms with Crippen LogP contribution >= 0.6 is 23.4 Å². The number of nitrogens with zero attached hydrogens (tertiary/aromatic N) is 4. The van der Waals surface area contributed by atoms with Gasteiger partial charge >= 0.3 is 0 Å². The predicted octanol–water partition coefficient (Wildman–Crippen LogP) is 4.49. The van der Waals surface area contributed by atoms with Crippen molar-refractivity contribution in [2.24, 2.45) is 7.05 Å². The molecule has 124 valence electrons. The van der Waals surface area contributed by atoms with Crippen LogP contribution in [0.5, 0.6) is 0 Å². The Labute approximate surface area is 151 Å². The molecule has 0 fully saturated rings. The lowest BCUT2D eigenvalue weighted by Gasteiger charge is -2.12. The molecule has 0 amide bonds. The van der Waals surface area contributed by atoms with Crippen LogP contribution in [0.3, 0.4) is 0 Å². The fraction of sp³-hybridized carbons (Fsp3) is 0.222. The first-order valence-electron chi connectivity index (χ1n) is 7.59. The summed E-state index contributed by atoms with van der Waals surface area (Å²) in [6.07, 6.45) is 0. The second-order valence-electron chi connectivity index (χ2n) is 5.72. The van der Waals surface area contributed by atoms with Crippen molar-refractivity contribution >= 4 is 29.1 Å². The lowest BCUT2D eigenvalue weighted by Crippen LogP contribution is -2.08. The molecule has 0 saturated carbocycles. The Bertz CT molecular complexity index is 810. The Balaban J connectivity index is 1.74. The molecular formula is C18H19ClN4S. The first kappa shape index (κ1) is 16.9. The van der Waals surface area contributed by atoms with Crippen LogP contribution in [0.25, 0.3) is 11.4 Å². The quantitative estimate of drug-likeness (QED) is 0.629. The van der Waals surface area contributed by atoms with E-state index in [2.05, 4.69) is 39.4 Å². The second kappa shape index (κ2) is 7.28. The summed E-state index contributed by atoms with van der Waals surface area (Å²) >= 11 is 7.59. The summed E-state index contributed by atoms with van der Waals surface area (Å²) in [5.74, 6) is 1.71. The van der Waals surface area contributed by atoms with Gasteiger partial charge < -0.3 is 9.47 Å². The predicted molar refractivity (Wildman–Crippen MR) is 102 cm³/mol. The number of hydrogen-bond donors (Lipinski definition) is 0. The maximum absolute atomic E-state index is 5.92. The van der Waals surface area contributed by atoms with Crippen LogP contribution in [0.15, 0.2) is 53.7 Å². The molecular weight excluding hydrogens is 340 g/mol. The molecule has 0 radical (unpaired) electrons. The number of rotatable bonds is 5. The minimum absolute atomic E-state index is 0.755. The summed E-state index contributed by atoms with van der Waals surface area (Å²) in [4.78, 5) is 2.08. The largest absolute Gasteiger partial charge is 0.378 e. The zero-order valence-corrected chi connectivity index (χ0v) is 15.5. The molecule has 0 spiro atoms. The minimum Gasteiger partial charge on any atom is -0.378 e. The van der Waals surface area contributed by atoms with Crippen molar-refractivity contribution in [3.05, 3.63) is 59.1 Å². The summed E-state index contributed by atoms with van der Waals surface area (Å²) in [5.41, 5.74) is 3.44. The molecule has 0 atom stereocenters. The van der Waals surface area contributed by atoms with Gasteiger partial charge in [-0.15, -0.1) is 10.2 Å². The first-order valence-corrected chi connectivity index (χ1v) is 8.95. The molecule has 1 aromatic heterocycles. The highest BCUT2D eigenvalue weighted by Crippen LogP contribution is 2.26. The maximum atomic E-state index is 5.92. The molecule has 0 unspecified atom stereocenters. The molecule has 0 aliphatic carbocycles. The number of thioether (sulfide) groups is 1. The summed E-state index contributed by atoms with van der Waals surface area (Å²) in [6.45, 7) is 0. The molecule has 1 heterocycles. The lowest BCUT2D eigenvalue weighted by atomic mass is 10.2. The van der Waals surface area contributed by atoms with E-state index in [9.17, 15) is 0 Å². The molecule has 0 N–H and O–H groups in total. The molecule has 0 aliphatic heterocycles. The highest BCUT2D eigenvalue weighted by Gasteiger charge is 2.11. The Kier molecular flexibility index (Phi) is 5.11. The van der Waals surface area contributed by atoms with E-state index in [0.717, 1.165) is 27.3 Å². The third kappa shape index (κ3) is 3.74. The van der Waals surface area contributed by atoms with E-state index in [1.807, 2.05) is 50.0 Å². The van der Waals surface area contributed by atoms with Crippen molar-refractivity contribution in [1.82, 2.24) is 14.8 Å². The topological polar surface area (TPSA) is 34.0 Å². The Hall–Kier alpha value is -1.98. The third-order valence-electron chi connectivity index (χ3n) is 3.76. The van der Waals surface area contributed by atoms with Gasteiger partial charge in [0.15, 0.2) is 11.0 Å². The van der Waals surface area contributed by atoms with Crippen LogP contribution in [0.4, 0.5) is 5.69 Å². The third-order valence-corrected chi connectivity index (χ3v) is 5.10. The van der Waals surface area contributed by atoms with Gasteiger partial charge in [-0.3, -0.25) is 0 Å². The maximum Gasteiger partial charge on any atom is 0.191 e. The van der Waals surface area contributed by atoms with E-state index >= 15 is 0 Å². The highest BCUT2D eigenvalue weighted by atomic mass is 35.5. The fourth-order valence-electron chi connectivity index (χ4n) is 2.33. The second-order valence-corrected chi connectivity index (χ2v) is 7.10. The molecule has 0 bridgehead atoms. The highest BCUT2D eigenvalue weighted by molar-refractivity contribution is 7.98. The van der Waals surface area contributed by atoms with Crippen molar-refractivity contribution in [1.29, 1.82) is 0 Å². The average molecular weight is 359 g/mol. The van der Waals surface area contributed by atoms with Crippen LogP contribution in [-0.2, 0) is 12.8 Å². The van der Waals surface area contributed by atoms with Gasteiger partial charge in [0, 0.05) is 43.2 Å². The molecule has 4 nitrogen and oxygen atoms in total. The van der Waals surface area contributed by atoms with E-state index in [1.54, 1.807) is 11.8 Å². The van der Waals surface area contributed by atoms with E-state index in [1.165, 1.54) is 11.3 Å². The van der Waals surface area contributed by atoms with Gasteiger partial charge in [0.1, 0.15) is 0 Å². The van der Waals surface area contributed by atoms with Crippen LogP contribution in [0.2, 0.25) is 5.02 Å². The van der Waals surface area contributed by atoms with Crippen LogP contribution in [0.1, 0.15) is 5.56 Å². The Morgan fingerprint density at radius 3 is 2.29 bits per heavy atom. The number of anilines is 1. The van der Waals surface area contributed by atoms with Gasteiger partial charge in [0.05, 0.1) is 0 Å². The van der Waals surface area contributed by atoms with E-state index in [4.69, 9.17) is 11.6 Å².